The Balaban J connectivity index is 2.14. The average Bonchev–Trinajstić information content (AvgIpc) is 2.98. The lowest BCUT2D eigenvalue weighted by atomic mass is 9.76. The summed E-state index contributed by atoms with van der Waals surface area (Å²) in [7, 11) is 0. The van der Waals surface area contributed by atoms with Crippen molar-refractivity contribution < 1.29 is 14.3 Å². The quantitative estimate of drug-likeness (QED) is 0.114. The first-order valence-corrected chi connectivity index (χ1v) is 12.2. The monoisotopic (exact) mass is 406 g/mol. The summed E-state index contributed by atoms with van der Waals surface area (Å²) in [4.78, 5) is 23.3. The highest BCUT2D eigenvalue weighted by atomic mass is 16.6. The van der Waals surface area contributed by atoms with E-state index in [1.165, 1.54) is 82.6 Å². The third-order valence-electron chi connectivity index (χ3n) is 6.36. The van der Waals surface area contributed by atoms with Crippen LogP contribution in [0.2, 0.25) is 0 Å². The molecule has 2 unspecified atom stereocenters. The van der Waals surface area contributed by atoms with Gasteiger partial charge >= 0.3 is 11.9 Å². The maximum Gasteiger partial charge on any atom is 0.318 e. The zero-order chi connectivity index (χ0) is 21.7. The maximum atomic E-state index is 11.9. The molecule has 0 radical (unpaired) electrons. The molecule has 0 amide bonds. The zero-order valence-corrected chi connectivity index (χ0v) is 19.9. The van der Waals surface area contributed by atoms with Gasteiger partial charge in [-0.25, -0.2) is 0 Å². The Morgan fingerprint density at radius 1 is 1.00 bits per heavy atom. The predicted molar refractivity (Wildman–Crippen MR) is 122 cm³/mol. The van der Waals surface area contributed by atoms with Gasteiger partial charge in [-0.1, -0.05) is 116 Å². The third-order valence-corrected chi connectivity index (χ3v) is 6.36. The van der Waals surface area contributed by atoms with Gasteiger partial charge in [0.15, 0.2) is 0 Å². The molecule has 1 fully saturated rings. The number of carbonyl (C=O) groups is 2. The SMILES string of the molecule is CCCCCCCCCCCCCC(C)CC(C)=CC(C)(C)C1CC(=O)OC1=O. The van der Waals surface area contributed by atoms with Gasteiger partial charge in [0.25, 0.3) is 0 Å². The Hall–Kier alpha value is -1.12. The summed E-state index contributed by atoms with van der Waals surface area (Å²) in [6, 6.07) is 0. The van der Waals surface area contributed by atoms with Crippen LogP contribution in [0.4, 0.5) is 0 Å². The third kappa shape index (κ3) is 11.0. The molecule has 1 aliphatic rings. The van der Waals surface area contributed by atoms with Crippen LogP contribution in [-0.2, 0) is 14.3 Å². The Kier molecular flexibility index (Phi) is 12.5. The summed E-state index contributed by atoms with van der Waals surface area (Å²) < 4.78 is 4.74. The molecule has 0 aliphatic carbocycles. The summed E-state index contributed by atoms with van der Waals surface area (Å²) >= 11 is 0. The minimum Gasteiger partial charge on any atom is -0.393 e. The van der Waals surface area contributed by atoms with E-state index >= 15 is 0 Å². The van der Waals surface area contributed by atoms with E-state index in [0.29, 0.717) is 5.92 Å². The Bertz CT molecular complexity index is 518. The fraction of sp³-hybridized carbons (Fsp3) is 0.846. The van der Waals surface area contributed by atoms with Crippen molar-refractivity contribution in [2.45, 2.75) is 125 Å². The van der Waals surface area contributed by atoms with Crippen LogP contribution in [0.3, 0.4) is 0 Å². The number of allylic oxidation sites excluding steroid dienone is 2. The highest BCUT2D eigenvalue weighted by Crippen LogP contribution is 2.37. The fourth-order valence-corrected chi connectivity index (χ4v) is 4.65. The van der Waals surface area contributed by atoms with Crippen LogP contribution in [0.5, 0.6) is 0 Å². The molecule has 3 nitrogen and oxygen atoms in total. The fourth-order valence-electron chi connectivity index (χ4n) is 4.65. The normalized spacial score (nSPS) is 18.9. The van der Waals surface area contributed by atoms with Crippen LogP contribution in [0, 0.1) is 17.3 Å². The van der Waals surface area contributed by atoms with Crippen LogP contribution in [-0.4, -0.2) is 11.9 Å². The number of unbranched alkanes of at least 4 members (excludes halogenated alkanes) is 10. The first-order valence-electron chi connectivity index (χ1n) is 12.2. The molecule has 3 heteroatoms. The minimum atomic E-state index is -0.385. The van der Waals surface area contributed by atoms with Crippen molar-refractivity contribution in [2.75, 3.05) is 0 Å². The topological polar surface area (TPSA) is 43.4 Å². The second kappa shape index (κ2) is 14.0. The smallest absolute Gasteiger partial charge is 0.318 e. The van der Waals surface area contributed by atoms with Gasteiger partial charge in [0.1, 0.15) is 0 Å². The molecule has 1 rings (SSSR count). The van der Waals surface area contributed by atoms with Crippen molar-refractivity contribution in [1.29, 1.82) is 0 Å². The van der Waals surface area contributed by atoms with Gasteiger partial charge in [-0.3, -0.25) is 9.59 Å². The summed E-state index contributed by atoms with van der Waals surface area (Å²) in [6.45, 7) is 10.8. The molecule has 1 saturated heterocycles. The summed E-state index contributed by atoms with van der Waals surface area (Å²) in [5.41, 5.74) is 0.988. The first-order chi connectivity index (χ1) is 13.8. The molecular weight excluding hydrogens is 360 g/mol. The van der Waals surface area contributed by atoms with Gasteiger partial charge in [0, 0.05) is 0 Å². The van der Waals surface area contributed by atoms with Gasteiger partial charge < -0.3 is 4.74 Å². The number of carbonyl (C=O) groups excluding carboxylic acids is 2. The second-order valence-corrected chi connectivity index (χ2v) is 10.00. The van der Waals surface area contributed by atoms with Crippen LogP contribution in [0.25, 0.3) is 0 Å². The molecule has 1 aliphatic heterocycles. The van der Waals surface area contributed by atoms with Crippen LogP contribution in [0.1, 0.15) is 125 Å². The molecule has 0 bridgehead atoms. The van der Waals surface area contributed by atoms with E-state index in [0.717, 1.165) is 6.42 Å². The summed E-state index contributed by atoms with van der Waals surface area (Å²) in [5, 5.41) is 0. The number of esters is 2. The van der Waals surface area contributed by atoms with Gasteiger partial charge in [-0.05, 0) is 24.7 Å². The van der Waals surface area contributed by atoms with E-state index in [1.54, 1.807) is 0 Å². The molecule has 0 aromatic carbocycles. The average molecular weight is 407 g/mol. The van der Waals surface area contributed by atoms with Crippen molar-refractivity contribution in [3.8, 4) is 0 Å². The van der Waals surface area contributed by atoms with Gasteiger partial charge in [-0.2, -0.15) is 0 Å². The van der Waals surface area contributed by atoms with E-state index in [1.807, 2.05) is 13.8 Å². The lowest BCUT2D eigenvalue weighted by Crippen LogP contribution is -2.26. The van der Waals surface area contributed by atoms with E-state index < -0.39 is 0 Å². The Labute approximate surface area is 180 Å². The largest absolute Gasteiger partial charge is 0.393 e. The summed E-state index contributed by atoms with van der Waals surface area (Å²) in [6.07, 6.45) is 20.0. The molecule has 0 N–H and O–H groups in total. The molecule has 29 heavy (non-hydrogen) atoms. The van der Waals surface area contributed by atoms with Crippen molar-refractivity contribution in [3.05, 3.63) is 11.6 Å². The first kappa shape index (κ1) is 25.9. The Morgan fingerprint density at radius 2 is 1.52 bits per heavy atom. The van der Waals surface area contributed by atoms with Gasteiger partial charge in [0.05, 0.1) is 12.3 Å². The standard InChI is InChI=1S/C26H46O3/c1-6-7-8-9-10-11-12-13-14-15-16-17-21(2)18-22(3)20-26(4,5)23-19-24(27)29-25(23)28/h20-21,23H,6-19H2,1-5H3. The van der Waals surface area contributed by atoms with Crippen LogP contribution >= 0.6 is 0 Å². The molecule has 0 aromatic rings. The zero-order valence-electron chi connectivity index (χ0n) is 19.9. The molecule has 0 spiro atoms. The second-order valence-electron chi connectivity index (χ2n) is 10.00. The molecule has 168 valence electrons. The van der Waals surface area contributed by atoms with Gasteiger partial charge in [0.2, 0.25) is 0 Å². The molecule has 2 atom stereocenters. The van der Waals surface area contributed by atoms with Crippen molar-refractivity contribution in [3.63, 3.8) is 0 Å². The number of rotatable bonds is 16. The van der Waals surface area contributed by atoms with Crippen LogP contribution in [0.15, 0.2) is 11.6 Å². The highest BCUT2D eigenvalue weighted by molar-refractivity contribution is 5.95. The summed E-state index contributed by atoms with van der Waals surface area (Å²) in [5.74, 6) is -0.424. The number of hydrogen-bond acceptors (Lipinski definition) is 3. The minimum absolute atomic E-state index is 0.212. The van der Waals surface area contributed by atoms with E-state index in [4.69, 9.17) is 4.74 Å². The molecular formula is C26H46O3. The number of cyclic esters (lactones) is 2. The maximum absolute atomic E-state index is 11.9. The number of ether oxygens (including phenoxy) is 1. The van der Waals surface area contributed by atoms with Crippen molar-refractivity contribution in [2.24, 2.45) is 17.3 Å². The van der Waals surface area contributed by atoms with Crippen LogP contribution < -0.4 is 0 Å². The number of hydrogen-bond donors (Lipinski definition) is 0. The molecule has 0 saturated carbocycles. The molecule has 0 aromatic heterocycles. The van der Waals surface area contributed by atoms with Crippen molar-refractivity contribution in [1.82, 2.24) is 0 Å². The van der Waals surface area contributed by atoms with E-state index in [2.05, 4.69) is 26.8 Å². The van der Waals surface area contributed by atoms with E-state index in [-0.39, 0.29) is 29.7 Å². The predicted octanol–water partition coefficient (Wildman–Crippen LogP) is 7.78. The lowest BCUT2D eigenvalue weighted by molar-refractivity contribution is -0.153. The van der Waals surface area contributed by atoms with Gasteiger partial charge in [-0.15, -0.1) is 0 Å². The lowest BCUT2D eigenvalue weighted by Gasteiger charge is -2.26. The molecule has 1 heterocycles. The van der Waals surface area contributed by atoms with Crippen molar-refractivity contribution >= 4 is 11.9 Å². The van der Waals surface area contributed by atoms with E-state index in [9.17, 15) is 9.59 Å². The Morgan fingerprint density at radius 3 is 2.00 bits per heavy atom. The highest BCUT2D eigenvalue weighted by Gasteiger charge is 2.42.